The van der Waals surface area contributed by atoms with Gasteiger partial charge >= 0.3 is 0 Å². The highest BCUT2D eigenvalue weighted by atomic mass is 32.2. The van der Waals surface area contributed by atoms with Crippen LogP contribution in [-0.4, -0.2) is 40.1 Å². The first-order valence-electron chi connectivity index (χ1n) is 6.97. The van der Waals surface area contributed by atoms with Gasteiger partial charge in [-0.2, -0.15) is 0 Å². The maximum Gasteiger partial charge on any atom is 0.251 e. The van der Waals surface area contributed by atoms with Crippen molar-refractivity contribution in [3.05, 3.63) is 34.8 Å². The van der Waals surface area contributed by atoms with Gasteiger partial charge < -0.3 is 15.6 Å². The van der Waals surface area contributed by atoms with E-state index < -0.39 is 0 Å². The zero-order chi connectivity index (χ0) is 15.9. The zero-order valence-corrected chi connectivity index (χ0v) is 12.9. The van der Waals surface area contributed by atoms with Gasteiger partial charge in [0.15, 0.2) is 5.16 Å². The molecule has 0 aromatic carbocycles. The number of amides is 2. The molecule has 1 aliphatic carbocycles. The van der Waals surface area contributed by atoms with E-state index in [0.717, 1.165) is 24.6 Å². The van der Waals surface area contributed by atoms with Crippen molar-refractivity contribution in [2.45, 2.75) is 30.5 Å². The molecule has 1 saturated carbocycles. The van der Waals surface area contributed by atoms with E-state index in [2.05, 4.69) is 27.2 Å². The van der Waals surface area contributed by atoms with Crippen LogP contribution in [0.3, 0.4) is 0 Å². The maximum absolute atomic E-state index is 11.7. The van der Waals surface area contributed by atoms with Crippen molar-refractivity contribution < 1.29 is 9.59 Å². The van der Waals surface area contributed by atoms with E-state index in [0.29, 0.717) is 17.4 Å². The van der Waals surface area contributed by atoms with Crippen molar-refractivity contribution in [3.8, 4) is 0 Å². The normalized spacial score (nSPS) is 13.5. The molecule has 3 N–H and O–H groups in total. The van der Waals surface area contributed by atoms with Crippen molar-refractivity contribution >= 4 is 23.6 Å². The van der Waals surface area contributed by atoms with Gasteiger partial charge in [-0.1, -0.05) is 17.8 Å². The Labute approximate surface area is 132 Å². The number of carbonyl (C=O) groups excluding carboxylic acids is 2. The molecule has 1 aliphatic rings. The van der Waals surface area contributed by atoms with Crippen LogP contribution in [0.1, 0.15) is 18.5 Å². The predicted octanol–water partition coefficient (Wildman–Crippen LogP) is -0.0147. The molecular formula is C14H18N4O3S. The fourth-order valence-corrected chi connectivity index (χ4v) is 2.41. The zero-order valence-electron chi connectivity index (χ0n) is 12.1. The summed E-state index contributed by atoms with van der Waals surface area (Å²) in [5.74, 6) is -0.182. The van der Waals surface area contributed by atoms with Gasteiger partial charge in [0.1, 0.15) is 0 Å². The summed E-state index contributed by atoms with van der Waals surface area (Å²) in [5.41, 5.74) is 0.0640. The van der Waals surface area contributed by atoms with E-state index in [9.17, 15) is 14.4 Å². The Morgan fingerprint density at radius 2 is 2.23 bits per heavy atom. The molecule has 0 aliphatic heterocycles. The van der Waals surface area contributed by atoms with E-state index in [1.165, 1.54) is 6.07 Å². The summed E-state index contributed by atoms with van der Waals surface area (Å²) in [7, 11) is 0. The lowest BCUT2D eigenvalue weighted by Gasteiger charge is -2.05. The molecule has 1 aromatic heterocycles. The minimum Gasteiger partial charge on any atom is -0.353 e. The van der Waals surface area contributed by atoms with Gasteiger partial charge in [0.25, 0.3) is 5.56 Å². The largest absolute Gasteiger partial charge is 0.353 e. The van der Waals surface area contributed by atoms with Crippen LogP contribution >= 0.6 is 11.8 Å². The van der Waals surface area contributed by atoms with Gasteiger partial charge in [0, 0.05) is 18.7 Å². The molecule has 1 aromatic rings. The Hall–Kier alpha value is -2.09. The van der Waals surface area contributed by atoms with Crippen LogP contribution < -0.4 is 16.2 Å². The summed E-state index contributed by atoms with van der Waals surface area (Å²) >= 11 is 1.12. The molecular weight excluding hydrogens is 304 g/mol. The van der Waals surface area contributed by atoms with Crippen molar-refractivity contribution in [2.75, 3.05) is 12.3 Å². The molecule has 0 bridgehead atoms. The molecule has 1 heterocycles. The summed E-state index contributed by atoms with van der Waals surface area (Å²) in [6.45, 7) is 3.90. The van der Waals surface area contributed by atoms with Gasteiger partial charge in [-0.25, -0.2) is 4.98 Å². The third-order valence-electron chi connectivity index (χ3n) is 2.84. The highest BCUT2D eigenvalue weighted by Crippen LogP contribution is 2.18. The summed E-state index contributed by atoms with van der Waals surface area (Å²) in [6, 6.07) is 1.57. The minimum absolute atomic E-state index is 0.0661. The van der Waals surface area contributed by atoms with Crippen molar-refractivity contribution in [1.82, 2.24) is 20.6 Å². The molecule has 1 fully saturated rings. The Balaban J connectivity index is 1.90. The molecule has 118 valence electrons. The van der Waals surface area contributed by atoms with E-state index in [-0.39, 0.29) is 35.6 Å². The number of hydrogen-bond acceptors (Lipinski definition) is 5. The lowest BCUT2D eigenvalue weighted by molar-refractivity contribution is -0.120. The quantitative estimate of drug-likeness (QED) is 0.355. The Kier molecular flexibility index (Phi) is 5.76. The molecule has 0 unspecified atom stereocenters. The number of aromatic nitrogens is 2. The number of rotatable bonds is 8. The number of carbonyl (C=O) groups is 2. The van der Waals surface area contributed by atoms with E-state index in [4.69, 9.17) is 0 Å². The van der Waals surface area contributed by atoms with E-state index in [1.54, 1.807) is 6.08 Å². The number of hydrogen-bond donors (Lipinski definition) is 3. The van der Waals surface area contributed by atoms with Gasteiger partial charge in [0.05, 0.1) is 17.9 Å². The van der Waals surface area contributed by atoms with Crippen LogP contribution in [0, 0.1) is 0 Å². The van der Waals surface area contributed by atoms with Crippen LogP contribution in [0.4, 0.5) is 0 Å². The third kappa shape index (κ3) is 5.72. The lowest BCUT2D eigenvalue weighted by atomic mass is 10.3. The maximum atomic E-state index is 11.7. The second-order valence-corrected chi connectivity index (χ2v) is 5.91. The number of H-pyrrole nitrogens is 1. The van der Waals surface area contributed by atoms with Crippen LogP contribution in [0.15, 0.2) is 28.7 Å². The molecule has 0 atom stereocenters. The molecule has 0 saturated heterocycles. The van der Waals surface area contributed by atoms with E-state index in [1.807, 2.05) is 0 Å². The average Bonchev–Trinajstić information content (AvgIpc) is 3.26. The average molecular weight is 322 g/mol. The van der Waals surface area contributed by atoms with Crippen molar-refractivity contribution in [1.29, 1.82) is 0 Å². The first-order valence-corrected chi connectivity index (χ1v) is 7.95. The highest BCUT2D eigenvalue weighted by Gasteiger charge is 2.23. The first kappa shape index (κ1) is 16.3. The van der Waals surface area contributed by atoms with Gasteiger partial charge in [-0.3, -0.25) is 14.4 Å². The molecule has 8 heteroatoms. The fourth-order valence-electron chi connectivity index (χ4n) is 1.68. The molecule has 22 heavy (non-hydrogen) atoms. The van der Waals surface area contributed by atoms with Crippen LogP contribution in [0.25, 0.3) is 0 Å². The fraction of sp³-hybridized carbons (Fsp3) is 0.429. The summed E-state index contributed by atoms with van der Waals surface area (Å²) < 4.78 is 0. The van der Waals surface area contributed by atoms with Gasteiger partial charge in [-0.05, 0) is 12.8 Å². The third-order valence-corrected chi connectivity index (χ3v) is 3.71. The van der Waals surface area contributed by atoms with Crippen LogP contribution in [-0.2, 0) is 16.0 Å². The molecule has 0 radical (unpaired) electrons. The summed E-state index contributed by atoms with van der Waals surface area (Å²) in [4.78, 5) is 41.6. The van der Waals surface area contributed by atoms with E-state index >= 15 is 0 Å². The Morgan fingerprint density at radius 3 is 2.91 bits per heavy atom. The Morgan fingerprint density at radius 1 is 1.45 bits per heavy atom. The molecule has 7 nitrogen and oxygen atoms in total. The smallest absolute Gasteiger partial charge is 0.251 e. The van der Waals surface area contributed by atoms with Crippen molar-refractivity contribution in [2.24, 2.45) is 0 Å². The number of nitrogens with zero attached hydrogens (tertiary/aromatic N) is 1. The predicted molar refractivity (Wildman–Crippen MR) is 83.7 cm³/mol. The van der Waals surface area contributed by atoms with Gasteiger partial charge in [-0.15, -0.1) is 6.58 Å². The van der Waals surface area contributed by atoms with Crippen LogP contribution in [0.5, 0.6) is 0 Å². The second kappa shape index (κ2) is 7.79. The topological polar surface area (TPSA) is 104 Å². The van der Waals surface area contributed by atoms with Crippen molar-refractivity contribution in [3.63, 3.8) is 0 Å². The lowest BCUT2D eigenvalue weighted by Crippen LogP contribution is -2.28. The minimum atomic E-state index is -0.335. The SMILES string of the molecule is C=CCNC(=O)CSc1nc(CC(=O)NC2CC2)cc(=O)[nH]1. The highest BCUT2D eigenvalue weighted by molar-refractivity contribution is 7.99. The first-order chi connectivity index (χ1) is 10.6. The summed E-state index contributed by atoms with van der Waals surface area (Å²) in [6.07, 6.45) is 3.67. The molecule has 2 amide bonds. The number of nitrogens with one attached hydrogen (secondary N) is 3. The molecule has 0 spiro atoms. The van der Waals surface area contributed by atoms with Gasteiger partial charge in [0.2, 0.25) is 11.8 Å². The Bertz CT molecular complexity index is 625. The number of thioether (sulfide) groups is 1. The monoisotopic (exact) mass is 322 g/mol. The summed E-state index contributed by atoms with van der Waals surface area (Å²) in [5, 5.41) is 5.80. The second-order valence-electron chi connectivity index (χ2n) is 4.94. The standard InChI is InChI=1S/C14H18N4O3S/c1-2-5-15-13(21)8-22-14-17-10(7-12(20)18-14)6-11(19)16-9-3-4-9/h2,7,9H,1,3-6,8H2,(H,15,21)(H,16,19)(H,17,18,20). The molecule has 2 rings (SSSR count). The van der Waals surface area contributed by atoms with Crippen LogP contribution in [0.2, 0.25) is 0 Å². The number of aromatic amines is 1.